The van der Waals surface area contributed by atoms with Gasteiger partial charge >= 0.3 is 0 Å². The van der Waals surface area contributed by atoms with Gasteiger partial charge in [-0.25, -0.2) is 8.78 Å². The summed E-state index contributed by atoms with van der Waals surface area (Å²) in [5.74, 6) is 4.88. The smallest absolute Gasteiger partial charge is 0.269 e. The highest BCUT2D eigenvalue weighted by Gasteiger charge is 2.46. The Kier molecular flexibility index (Phi) is 9.10. The predicted octanol–water partition coefficient (Wildman–Crippen LogP) is 3.28. The van der Waals surface area contributed by atoms with Crippen LogP contribution in [0.3, 0.4) is 0 Å². The number of morpholine rings is 1. The highest BCUT2D eigenvalue weighted by atomic mass is 19.3. The van der Waals surface area contributed by atoms with Gasteiger partial charge in [-0.15, -0.1) is 0 Å². The SMILES string of the molecule is CO[C@](C)(C(F)F)[C@H](NC(=O)c1ccc(C#Cc2ccc(CN3CCOCC3)cc2)cc1)C(C)=O. The summed E-state index contributed by atoms with van der Waals surface area (Å²) >= 11 is 0. The third-order valence-corrected chi connectivity index (χ3v) is 6.09. The molecule has 1 fully saturated rings. The maximum absolute atomic E-state index is 13.5. The van der Waals surface area contributed by atoms with Crippen molar-refractivity contribution in [2.24, 2.45) is 0 Å². The standard InChI is InChI=1S/C27H30F2N2O4/c1-19(32)24(27(2,34-3)26(28)29)30-25(33)23-12-10-21(11-13-23)5-4-20-6-8-22(9-7-20)18-31-14-16-35-17-15-31/h6-13,24,26H,14-18H2,1-3H3,(H,30,33)/t24-,27+/m1/s1. The number of halogens is 2. The average molecular weight is 485 g/mol. The van der Waals surface area contributed by atoms with Crippen LogP contribution in [0, 0.1) is 11.8 Å². The predicted molar refractivity (Wildman–Crippen MR) is 128 cm³/mol. The van der Waals surface area contributed by atoms with E-state index in [9.17, 15) is 18.4 Å². The van der Waals surface area contributed by atoms with Crippen molar-refractivity contribution in [1.29, 1.82) is 0 Å². The molecule has 3 rings (SSSR count). The summed E-state index contributed by atoms with van der Waals surface area (Å²) in [5, 5.41) is 2.38. The Morgan fingerprint density at radius 1 is 1.06 bits per heavy atom. The Hall–Kier alpha value is -3.12. The number of Topliss-reactive ketones (excluding diaryl/α,β-unsaturated/α-hetero) is 1. The molecule has 2 aromatic rings. The first kappa shape index (κ1) is 26.5. The number of carbonyl (C=O) groups is 2. The number of alkyl halides is 2. The molecule has 0 saturated carbocycles. The lowest BCUT2D eigenvalue weighted by Crippen LogP contribution is -2.59. The van der Waals surface area contributed by atoms with Gasteiger partial charge in [-0.3, -0.25) is 14.5 Å². The minimum atomic E-state index is -2.97. The number of methoxy groups -OCH3 is 1. The van der Waals surface area contributed by atoms with E-state index in [-0.39, 0.29) is 5.56 Å². The lowest BCUT2D eigenvalue weighted by atomic mass is 9.93. The fourth-order valence-electron chi connectivity index (χ4n) is 3.76. The third kappa shape index (κ3) is 6.95. The lowest BCUT2D eigenvalue weighted by Gasteiger charge is -2.34. The molecule has 1 heterocycles. The molecule has 0 spiro atoms. The summed E-state index contributed by atoms with van der Waals surface area (Å²) in [7, 11) is 1.08. The second-order valence-electron chi connectivity index (χ2n) is 8.62. The fraction of sp³-hybridized carbons (Fsp3) is 0.407. The number of amides is 1. The number of benzene rings is 2. The summed E-state index contributed by atoms with van der Waals surface area (Å²) < 4.78 is 37.3. The van der Waals surface area contributed by atoms with Crippen molar-refractivity contribution in [3.8, 4) is 11.8 Å². The van der Waals surface area contributed by atoms with Crippen LogP contribution in [0.15, 0.2) is 48.5 Å². The Morgan fingerprint density at radius 2 is 1.60 bits per heavy atom. The van der Waals surface area contributed by atoms with Crippen LogP contribution >= 0.6 is 0 Å². The van der Waals surface area contributed by atoms with E-state index in [1.807, 2.05) is 12.1 Å². The van der Waals surface area contributed by atoms with Crippen LogP contribution in [0.5, 0.6) is 0 Å². The van der Waals surface area contributed by atoms with E-state index in [1.54, 1.807) is 12.1 Å². The van der Waals surface area contributed by atoms with Crippen molar-refractivity contribution in [2.45, 2.75) is 38.5 Å². The van der Waals surface area contributed by atoms with Gasteiger partial charge in [0.05, 0.1) is 13.2 Å². The Bertz CT molecular complexity index is 1070. The van der Waals surface area contributed by atoms with Crippen molar-refractivity contribution in [2.75, 3.05) is 33.4 Å². The molecule has 1 amide bonds. The molecule has 1 saturated heterocycles. The molecule has 1 aliphatic heterocycles. The molecule has 1 aliphatic rings. The van der Waals surface area contributed by atoms with E-state index in [4.69, 9.17) is 9.47 Å². The van der Waals surface area contributed by atoms with Crippen molar-refractivity contribution in [3.05, 3.63) is 70.8 Å². The van der Waals surface area contributed by atoms with Gasteiger partial charge in [-0.1, -0.05) is 24.0 Å². The number of hydrogen-bond donors (Lipinski definition) is 1. The zero-order valence-electron chi connectivity index (χ0n) is 20.1. The first-order valence-corrected chi connectivity index (χ1v) is 11.4. The molecule has 2 atom stereocenters. The number of hydrogen-bond acceptors (Lipinski definition) is 5. The van der Waals surface area contributed by atoms with Gasteiger partial charge in [0.25, 0.3) is 12.3 Å². The van der Waals surface area contributed by atoms with E-state index >= 15 is 0 Å². The molecule has 0 unspecified atom stereocenters. The molecule has 8 heteroatoms. The monoisotopic (exact) mass is 484 g/mol. The molecule has 0 aromatic heterocycles. The average Bonchev–Trinajstić information content (AvgIpc) is 2.87. The number of carbonyl (C=O) groups excluding carboxylic acids is 2. The van der Waals surface area contributed by atoms with Crippen LogP contribution in [0.25, 0.3) is 0 Å². The van der Waals surface area contributed by atoms with Crippen LogP contribution < -0.4 is 5.32 Å². The minimum absolute atomic E-state index is 0.224. The molecule has 0 aliphatic carbocycles. The quantitative estimate of drug-likeness (QED) is 0.583. The summed E-state index contributed by atoms with van der Waals surface area (Å²) in [6.07, 6.45) is -2.97. The summed E-state index contributed by atoms with van der Waals surface area (Å²) in [5.41, 5.74) is 0.865. The number of ketones is 1. The number of nitrogens with one attached hydrogen (secondary N) is 1. The van der Waals surface area contributed by atoms with E-state index in [0.717, 1.165) is 59.4 Å². The number of rotatable bonds is 8. The van der Waals surface area contributed by atoms with Crippen LogP contribution in [0.2, 0.25) is 0 Å². The van der Waals surface area contributed by atoms with Crippen LogP contribution in [-0.2, 0) is 20.8 Å². The van der Waals surface area contributed by atoms with E-state index in [0.29, 0.717) is 5.56 Å². The van der Waals surface area contributed by atoms with Gasteiger partial charge in [0.15, 0.2) is 11.4 Å². The summed E-state index contributed by atoms with van der Waals surface area (Å²) in [4.78, 5) is 26.9. The zero-order chi connectivity index (χ0) is 25.4. The Labute approximate surface area is 204 Å². The molecule has 0 radical (unpaired) electrons. The van der Waals surface area contributed by atoms with Crippen molar-refractivity contribution in [1.82, 2.24) is 10.2 Å². The van der Waals surface area contributed by atoms with Crippen LogP contribution in [0.1, 0.15) is 40.9 Å². The van der Waals surface area contributed by atoms with Gasteiger partial charge in [0, 0.05) is 43.4 Å². The molecule has 6 nitrogen and oxygen atoms in total. The van der Waals surface area contributed by atoms with Crippen LogP contribution in [-0.4, -0.2) is 68.1 Å². The normalized spacial score (nSPS) is 16.6. The summed E-state index contributed by atoms with van der Waals surface area (Å²) in [6.45, 7) is 6.52. The molecular weight excluding hydrogens is 454 g/mol. The Morgan fingerprint density at radius 3 is 2.09 bits per heavy atom. The number of ether oxygens (including phenoxy) is 2. The second-order valence-corrected chi connectivity index (χ2v) is 8.62. The second kappa shape index (κ2) is 12.0. The first-order valence-electron chi connectivity index (χ1n) is 11.4. The number of nitrogens with zero attached hydrogens (tertiary/aromatic N) is 1. The largest absolute Gasteiger partial charge is 0.379 e. The molecule has 2 aromatic carbocycles. The van der Waals surface area contributed by atoms with Gasteiger partial charge < -0.3 is 14.8 Å². The Balaban J connectivity index is 1.63. The van der Waals surface area contributed by atoms with E-state index in [1.165, 1.54) is 17.7 Å². The zero-order valence-corrected chi connectivity index (χ0v) is 20.1. The lowest BCUT2D eigenvalue weighted by molar-refractivity contribution is -0.147. The third-order valence-electron chi connectivity index (χ3n) is 6.09. The van der Waals surface area contributed by atoms with Gasteiger partial charge in [-0.2, -0.15) is 0 Å². The topological polar surface area (TPSA) is 67.9 Å². The van der Waals surface area contributed by atoms with Gasteiger partial charge in [-0.05, 0) is 55.8 Å². The highest BCUT2D eigenvalue weighted by molar-refractivity contribution is 5.98. The maximum atomic E-state index is 13.5. The molecule has 35 heavy (non-hydrogen) atoms. The van der Waals surface area contributed by atoms with Crippen molar-refractivity contribution >= 4 is 11.7 Å². The van der Waals surface area contributed by atoms with Gasteiger partial charge in [0.2, 0.25) is 0 Å². The van der Waals surface area contributed by atoms with Crippen molar-refractivity contribution < 1.29 is 27.8 Å². The highest BCUT2D eigenvalue weighted by Crippen LogP contribution is 2.25. The van der Waals surface area contributed by atoms with E-state index < -0.39 is 29.8 Å². The fourth-order valence-corrected chi connectivity index (χ4v) is 3.76. The molecule has 186 valence electrons. The first-order chi connectivity index (χ1) is 16.7. The van der Waals surface area contributed by atoms with Crippen molar-refractivity contribution in [3.63, 3.8) is 0 Å². The van der Waals surface area contributed by atoms with Crippen LogP contribution in [0.4, 0.5) is 8.78 Å². The van der Waals surface area contributed by atoms with Gasteiger partial charge in [0.1, 0.15) is 6.04 Å². The maximum Gasteiger partial charge on any atom is 0.269 e. The molecule has 0 bridgehead atoms. The minimum Gasteiger partial charge on any atom is -0.379 e. The molecular formula is C27H30F2N2O4. The molecule has 1 N–H and O–H groups in total. The summed E-state index contributed by atoms with van der Waals surface area (Å²) in [6, 6.07) is 13.0. The van der Waals surface area contributed by atoms with E-state index in [2.05, 4.69) is 34.2 Å².